The van der Waals surface area contributed by atoms with Gasteiger partial charge in [0.2, 0.25) is 0 Å². The second kappa shape index (κ2) is 26.1. The van der Waals surface area contributed by atoms with Crippen molar-refractivity contribution in [2.45, 2.75) is 161 Å². The number of aliphatic carboxylic acids is 1. The third-order valence-electron chi connectivity index (χ3n) is 6.33. The molecule has 0 radical (unpaired) electrons. The molecule has 0 atom stereocenters. The Bertz CT molecular complexity index is 442. The molecular weight excluding hydrogens is 396 g/mol. The van der Waals surface area contributed by atoms with E-state index in [1.54, 1.807) is 0 Å². The van der Waals surface area contributed by atoms with Crippen LogP contribution >= 0.6 is 0 Å². The third-order valence-corrected chi connectivity index (χ3v) is 6.33. The molecular formula is C29H54O3. The Hall–Kier alpha value is -1.12. The minimum atomic E-state index is -0.692. The maximum Gasteiger partial charge on any atom is 0.303 e. The van der Waals surface area contributed by atoms with Gasteiger partial charge in [0.25, 0.3) is 0 Å². The van der Waals surface area contributed by atoms with Gasteiger partial charge in [-0.1, -0.05) is 122 Å². The summed E-state index contributed by atoms with van der Waals surface area (Å²) in [6, 6.07) is 0. The van der Waals surface area contributed by atoms with E-state index >= 15 is 0 Å². The molecule has 0 unspecified atom stereocenters. The maximum absolute atomic E-state index is 11.9. The second-order valence-electron chi connectivity index (χ2n) is 9.60. The number of carboxylic acid groups (broad SMARTS) is 1. The van der Waals surface area contributed by atoms with E-state index in [2.05, 4.69) is 19.1 Å². The van der Waals surface area contributed by atoms with Gasteiger partial charge in [0.15, 0.2) is 0 Å². The fourth-order valence-electron chi connectivity index (χ4n) is 4.19. The van der Waals surface area contributed by atoms with Gasteiger partial charge in [-0.25, -0.2) is 0 Å². The smallest absolute Gasteiger partial charge is 0.303 e. The monoisotopic (exact) mass is 450 g/mol. The molecule has 0 amide bonds. The van der Waals surface area contributed by atoms with Crippen LogP contribution in [0.15, 0.2) is 12.2 Å². The summed E-state index contributed by atoms with van der Waals surface area (Å²) < 4.78 is 0. The Kier molecular flexibility index (Phi) is 25.2. The number of carbonyl (C=O) groups excluding carboxylic acids is 1. The lowest BCUT2D eigenvalue weighted by molar-refractivity contribution is -0.137. The van der Waals surface area contributed by atoms with Crippen molar-refractivity contribution in [3.8, 4) is 0 Å². The van der Waals surface area contributed by atoms with Crippen LogP contribution in [0.5, 0.6) is 0 Å². The van der Waals surface area contributed by atoms with E-state index in [0.717, 1.165) is 57.8 Å². The van der Waals surface area contributed by atoms with Gasteiger partial charge < -0.3 is 5.11 Å². The number of Topliss-reactive ketones (excluding diaryl/α,β-unsaturated/α-hetero) is 1. The van der Waals surface area contributed by atoms with Gasteiger partial charge in [-0.05, 0) is 32.1 Å². The molecule has 0 saturated heterocycles. The minimum absolute atomic E-state index is 0.294. The van der Waals surface area contributed by atoms with Crippen molar-refractivity contribution in [3.63, 3.8) is 0 Å². The number of hydrogen-bond acceptors (Lipinski definition) is 2. The average molecular weight is 451 g/mol. The lowest BCUT2D eigenvalue weighted by Crippen LogP contribution is -1.96. The van der Waals surface area contributed by atoms with Gasteiger partial charge >= 0.3 is 5.97 Å². The van der Waals surface area contributed by atoms with Crippen LogP contribution in [0.2, 0.25) is 0 Å². The zero-order chi connectivity index (χ0) is 23.5. The molecule has 0 aromatic heterocycles. The molecule has 0 heterocycles. The zero-order valence-corrected chi connectivity index (χ0v) is 21.4. The second-order valence-corrected chi connectivity index (χ2v) is 9.60. The van der Waals surface area contributed by atoms with E-state index in [0.29, 0.717) is 18.6 Å². The lowest BCUT2D eigenvalue weighted by Gasteiger charge is -2.02. The third kappa shape index (κ3) is 26.9. The molecule has 0 aromatic carbocycles. The van der Waals surface area contributed by atoms with Crippen molar-refractivity contribution < 1.29 is 14.7 Å². The molecule has 0 aromatic rings. The number of rotatable bonds is 26. The molecule has 3 heteroatoms. The summed E-state index contributed by atoms with van der Waals surface area (Å²) in [6.07, 6.45) is 32.4. The van der Waals surface area contributed by atoms with Gasteiger partial charge in [-0.2, -0.15) is 0 Å². The number of carbonyl (C=O) groups is 2. The molecule has 0 spiro atoms. The summed E-state index contributed by atoms with van der Waals surface area (Å²) in [6.45, 7) is 2.28. The number of ketones is 1. The van der Waals surface area contributed by atoms with Gasteiger partial charge in [0.05, 0.1) is 0 Å². The molecule has 0 fully saturated rings. The maximum atomic E-state index is 11.9. The van der Waals surface area contributed by atoms with Gasteiger partial charge in [0.1, 0.15) is 5.78 Å². The normalized spacial score (nSPS) is 11.4. The van der Waals surface area contributed by atoms with Crippen LogP contribution in [0.3, 0.4) is 0 Å². The summed E-state index contributed by atoms with van der Waals surface area (Å²) in [5, 5.41) is 8.59. The van der Waals surface area contributed by atoms with Crippen LogP contribution in [0.25, 0.3) is 0 Å². The fraction of sp³-hybridized carbons (Fsp3) is 0.862. The Morgan fingerprint density at radius 1 is 0.500 bits per heavy atom. The lowest BCUT2D eigenvalue weighted by atomic mass is 10.0. The number of carboxylic acids is 1. The minimum Gasteiger partial charge on any atom is -0.481 e. The van der Waals surface area contributed by atoms with Crippen molar-refractivity contribution in [1.82, 2.24) is 0 Å². The van der Waals surface area contributed by atoms with Crippen molar-refractivity contribution in [1.29, 1.82) is 0 Å². The van der Waals surface area contributed by atoms with Crippen LogP contribution < -0.4 is 0 Å². The molecule has 0 aliphatic rings. The Morgan fingerprint density at radius 2 is 0.906 bits per heavy atom. The van der Waals surface area contributed by atoms with E-state index in [1.807, 2.05) is 0 Å². The molecule has 0 rings (SSSR count). The largest absolute Gasteiger partial charge is 0.481 e. The number of allylic oxidation sites excluding steroid dienone is 2. The first-order valence-electron chi connectivity index (χ1n) is 14.0. The summed E-state index contributed by atoms with van der Waals surface area (Å²) in [5.74, 6) is -0.288. The zero-order valence-electron chi connectivity index (χ0n) is 21.4. The number of unbranched alkanes of at least 4 members (excludes halogenated alkanes) is 18. The summed E-state index contributed by atoms with van der Waals surface area (Å²) in [4.78, 5) is 22.4. The van der Waals surface area contributed by atoms with Crippen molar-refractivity contribution >= 4 is 11.8 Å². The SMILES string of the molecule is CCCCCCCCCCCCCCC=CCCC(=O)CCCCCCCCCC(=O)O. The molecule has 1 N–H and O–H groups in total. The molecule has 0 saturated carbocycles. The van der Waals surface area contributed by atoms with Crippen LogP contribution in [-0.2, 0) is 9.59 Å². The number of hydrogen-bond donors (Lipinski definition) is 1. The van der Waals surface area contributed by atoms with Crippen LogP contribution in [0, 0.1) is 0 Å². The average Bonchev–Trinajstić information content (AvgIpc) is 2.77. The Labute approximate surface area is 199 Å². The highest BCUT2D eigenvalue weighted by atomic mass is 16.4. The molecule has 0 aliphatic heterocycles. The van der Waals surface area contributed by atoms with Crippen LogP contribution in [-0.4, -0.2) is 16.9 Å². The highest BCUT2D eigenvalue weighted by Crippen LogP contribution is 2.13. The van der Waals surface area contributed by atoms with Gasteiger partial charge in [-0.15, -0.1) is 0 Å². The van der Waals surface area contributed by atoms with Crippen LogP contribution in [0.1, 0.15) is 161 Å². The molecule has 188 valence electrons. The van der Waals surface area contributed by atoms with E-state index in [-0.39, 0.29) is 0 Å². The van der Waals surface area contributed by atoms with Gasteiger partial charge in [-0.3, -0.25) is 9.59 Å². The quantitative estimate of drug-likeness (QED) is 0.105. The summed E-state index contributed by atoms with van der Waals surface area (Å²) >= 11 is 0. The first-order valence-corrected chi connectivity index (χ1v) is 14.0. The Morgan fingerprint density at radius 3 is 1.41 bits per heavy atom. The van der Waals surface area contributed by atoms with Crippen molar-refractivity contribution in [2.24, 2.45) is 0 Å². The molecule has 3 nitrogen and oxygen atoms in total. The predicted octanol–water partition coefficient (Wildman–Crippen LogP) is 9.58. The highest BCUT2D eigenvalue weighted by molar-refractivity contribution is 5.78. The van der Waals surface area contributed by atoms with Crippen molar-refractivity contribution in [3.05, 3.63) is 12.2 Å². The molecule has 0 aliphatic carbocycles. The first-order chi connectivity index (χ1) is 15.7. The summed E-state index contributed by atoms with van der Waals surface area (Å²) in [5.41, 5.74) is 0. The standard InChI is InChI=1S/C29H54O3/c1-2-3-4-5-6-7-8-9-10-11-12-13-14-16-19-22-25-28(30)26-23-20-17-15-18-21-24-27-29(31)32/h16,19H,2-15,17-18,20-27H2,1H3,(H,31,32). The van der Waals surface area contributed by atoms with E-state index in [9.17, 15) is 9.59 Å². The van der Waals surface area contributed by atoms with E-state index in [1.165, 1.54) is 83.5 Å². The topological polar surface area (TPSA) is 54.4 Å². The van der Waals surface area contributed by atoms with Gasteiger partial charge in [0, 0.05) is 19.3 Å². The van der Waals surface area contributed by atoms with Crippen molar-refractivity contribution in [2.75, 3.05) is 0 Å². The molecule has 0 bridgehead atoms. The highest BCUT2D eigenvalue weighted by Gasteiger charge is 2.01. The van der Waals surface area contributed by atoms with E-state index in [4.69, 9.17) is 5.11 Å². The predicted molar refractivity (Wildman–Crippen MR) is 138 cm³/mol. The fourth-order valence-corrected chi connectivity index (χ4v) is 4.19. The first kappa shape index (κ1) is 30.9. The van der Waals surface area contributed by atoms with Crippen LogP contribution in [0.4, 0.5) is 0 Å². The van der Waals surface area contributed by atoms with E-state index < -0.39 is 5.97 Å². The molecule has 32 heavy (non-hydrogen) atoms. The Balaban J connectivity index is 3.24. The summed E-state index contributed by atoms with van der Waals surface area (Å²) in [7, 11) is 0.